The van der Waals surface area contributed by atoms with Gasteiger partial charge in [0.15, 0.2) is 23.3 Å². The van der Waals surface area contributed by atoms with Crippen molar-refractivity contribution in [1.82, 2.24) is 0 Å². The van der Waals surface area contributed by atoms with Crippen LogP contribution >= 0.6 is 23.2 Å². The number of aliphatic carboxylic acids is 1. The summed E-state index contributed by atoms with van der Waals surface area (Å²) in [5.74, 6) is -2.85. The maximum absolute atomic E-state index is 16.9. The first-order valence-corrected chi connectivity index (χ1v) is 14.7. The molecule has 5 rings (SSSR count). The molecule has 0 bridgehead atoms. The van der Waals surface area contributed by atoms with Gasteiger partial charge < -0.3 is 25.2 Å². The zero-order valence-corrected chi connectivity index (χ0v) is 25.5. The van der Waals surface area contributed by atoms with Crippen LogP contribution in [0.4, 0.5) is 4.39 Å². The van der Waals surface area contributed by atoms with E-state index < -0.39 is 64.5 Å². The number of halogens is 3. The van der Waals surface area contributed by atoms with Crippen molar-refractivity contribution in [3.8, 4) is 5.75 Å². The lowest BCUT2D eigenvalue weighted by Crippen LogP contribution is -2.69. The molecular weight excluding hydrogens is 590 g/mol. The molecule has 0 aromatic heterocycles. The van der Waals surface area contributed by atoms with Gasteiger partial charge in [0.1, 0.15) is 18.0 Å². The first-order valence-electron chi connectivity index (χ1n) is 14.0. The number of ether oxygens (including phenoxy) is 1. The molecule has 1 aromatic carbocycles. The number of allylic oxidation sites excluding steroid dienone is 4. The van der Waals surface area contributed by atoms with Crippen LogP contribution in [-0.2, 0) is 14.4 Å². The Morgan fingerprint density at radius 2 is 1.88 bits per heavy atom. The van der Waals surface area contributed by atoms with E-state index in [1.165, 1.54) is 31.2 Å². The second-order valence-electron chi connectivity index (χ2n) is 12.4. The molecular formula is C31H37Cl2FO8. The lowest BCUT2D eigenvalue weighted by atomic mass is 9.44. The highest BCUT2D eigenvalue weighted by molar-refractivity contribution is 6.35. The topological polar surface area (TPSA) is 141 Å². The van der Waals surface area contributed by atoms with E-state index in [0.29, 0.717) is 40.6 Å². The van der Waals surface area contributed by atoms with Gasteiger partial charge in [-0.2, -0.15) is 0 Å². The fourth-order valence-electron chi connectivity index (χ4n) is 8.07. The van der Waals surface area contributed by atoms with Gasteiger partial charge >= 0.3 is 5.97 Å². The minimum atomic E-state index is -1.98. The molecule has 4 aliphatic rings. The van der Waals surface area contributed by atoms with E-state index in [4.69, 9.17) is 33.0 Å². The summed E-state index contributed by atoms with van der Waals surface area (Å²) in [6.45, 7) is 5.90. The zero-order valence-electron chi connectivity index (χ0n) is 23.9. The third-order valence-corrected chi connectivity index (χ3v) is 10.9. The fourth-order valence-corrected chi connectivity index (χ4v) is 8.53. The van der Waals surface area contributed by atoms with E-state index in [2.05, 4.69) is 0 Å². The maximum atomic E-state index is 16.9. The summed E-state index contributed by atoms with van der Waals surface area (Å²) < 4.78 is 21.9. The molecule has 230 valence electrons. The number of carbonyl (C=O) groups excluding carboxylic acids is 2. The van der Waals surface area contributed by atoms with Crippen LogP contribution in [0.25, 0.3) is 0 Å². The van der Waals surface area contributed by atoms with Crippen molar-refractivity contribution in [2.45, 2.75) is 76.9 Å². The highest BCUT2D eigenvalue weighted by atomic mass is 35.5. The highest BCUT2D eigenvalue weighted by Crippen LogP contribution is 2.70. The van der Waals surface area contributed by atoms with Crippen molar-refractivity contribution in [2.24, 2.45) is 28.6 Å². The van der Waals surface area contributed by atoms with E-state index in [-0.39, 0.29) is 18.1 Å². The maximum Gasteiger partial charge on any atom is 0.344 e. The molecule has 0 spiro atoms. The van der Waals surface area contributed by atoms with Crippen LogP contribution in [0.3, 0.4) is 0 Å². The Hall–Kier alpha value is -2.30. The highest BCUT2D eigenvalue weighted by Gasteiger charge is 2.75. The molecule has 0 amide bonds. The SMILES string of the molecule is CC(Oc1ccc(Cl)cc1Cl)C(=O)O.C[C@H]1C[C@H]2[C@@H]3CCC4=CC(=O)C=C[C@]4(C)[C@@]3(F)[C@@H](O)C[C@@]2(C)[C@@]1(O)C(=O)CO. The van der Waals surface area contributed by atoms with Crippen LogP contribution in [-0.4, -0.2) is 68.0 Å². The second-order valence-corrected chi connectivity index (χ2v) is 13.3. The number of aliphatic hydroxyl groups excluding tert-OH is 2. The number of benzene rings is 1. The standard InChI is InChI=1S/C22H29FO5.C9H8Cl2O3/c1-12-8-16-15-5-4-13-9-14(25)6-7-19(13,2)21(15,23)17(26)10-20(16,3)22(12,28)18(27)11-24;1-5(9(12)13)14-8-3-2-6(10)4-7(8)11/h6-7,9,12,15-17,24,26,28H,4-5,8,10-11H2,1-3H3;2-5H,1H3,(H,12,13)/t12-,15-,16-,17-,19-,20+,21-,22-;/m0./s1. The minimum absolute atomic E-state index is 0.0676. The molecule has 0 aliphatic heterocycles. The summed E-state index contributed by atoms with van der Waals surface area (Å²) in [5.41, 5.74) is -5.17. The Balaban J connectivity index is 0.000000244. The van der Waals surface area contributed by atoms with Crippen molar-refractivity contribution in [1.29, 1.82) is 0 Å². The number of carbonyl (C=O) groups is 3. The van der Waals surface area contributed by atoms with Crippen molar-refractivity contribution < 1.29 is 43.9 Å². The number of alkyl halides is 1. The molecule has 0 saturated heterocycles. The second kappa shape index (κ2) is 11.3. The lowest BCUT2D eigenvalue weighted by Gasteiger charge is -2.62. The Labute approximate surface area is 254 Å². The third kappa shape index (κ3) is 4.81. The first-order chi connectivity index (χ1) is 19.5. The largest absolute Gasteiger partial charge is 0.479 e. The van der Waals surface area contributed by atoms with E-state index in [1.807, 2.05) is 0 Å². The number of carboxylic acids is 1. The smallest absolute Gasteiger partial charge is 0.344 e. The summed E-state index contributed by atoms with van der Waals surface area (Å²) in [6, 6.07) is 4.61. The number of hydrogen-bond donors (Lipinski definition) is 4. The van der Waals surface area contributed by atoms with Crippen LogP contribution < -0.4 is 4.74 Å². The summed E-state index contributed by atoms with van der Waals surface area (Å²) in [6.07, 6.45) is 3.50. The number of hydrogen-bond acceptors (Lipinski definition) is 7. The molecule has 11 heteroatoms. The monoisotopic (exact) mass is 626 g/mol. The van der Waals surface area contributed by atoms with E-state index >= 15 is 4.39 Å². The average molecular weight is 628 g/mol. The number of rotatable bonds is 5. The molecule has 3 fully saturated rings. The van der Waals surface area contributed by atoms with Gasteiger partial charge in [0.05, 0.1) is 11.1 Å². The molecule has 42 heavy (non-hydrogen) atoms. The van der Waals surface area contributed by atoms with Crippen LogP contribution in [0.2, 0.25) is 10.0 Å². The Morgan fingerprint density at radius 3 is 2.48 bits per heavy atom. The summed E-state index contributed by atoms with van der Waals surface area (Å²) in [7, 11) is 0. The van der Waals surface area contributed by atoms with Crippen molar-refractivity contribution in [3.63, 3.8) is 0 Å². The molecule has 4 N–H and O–H groups in total. The number of Topliss-reactive ketones (excluding diaryl/α,β-unsaturated/α-hetero) is 1. The predicted molar refractivity (Wildman–Crippen MR) is 154 cm³/mol. The van der Waals surface area contributed by atoms with E-state index in [0.717, 1.165) is 0 Å². The summed E-state index contributed by atoms with van der Waals surface area (Å²) >= 11 is 11.4. The van der Waals surface area contributed by atoms with Gasteiger partial charge in [-0.25, -0.2) is 9.18 Å². The van der Waals surface area contributed by atoms with Crippen LogP contribution in [0.5, 0.6) is 5.75 Å². The zero-order chi connectivity index (χ0) is 31.4. The fraction of sp³-hybridized carbons (Fsp3) is 0.581. The molecule has 8 nitrogen and oxygen atoms in total. The third-order valence-electron chi connectivity index (χ3n) is 10.3. The van der Waals surface area contributed by atoms with Gasteiger partial charge in [-0.05, 0) is 81.7 Å². The number of carboxylic acid groups (broad SMARTS) is 1. The van der Waals surface area contributed by atoms with Gasteiger partial charge in [0.25, 0.3) is 0 Å². The van der Waals surface area contributed by atoms with Gasteiger partial charge in [0, 0.05) is 21.8 Å². The van der Waals surface area contributed by atoms with Crippen molar-refractivity contribution in [2.75, 3.05) is 6.61 Å². The minimum Gasteiger partial charge on any atom is -0.479 e. The van der Waals surface area contributed by atoms with Gasteiger partial charge in [-0.1, -0.05) is 48.7 Å². The molecule has 1 unspecified atom stereocenters. The van der Waals surface area contributed by atoms with Crippen LogP contribution in [0.15, 0.2) is 42.0 Å². The van der Waals surface area contributed by atoms with Crippen molar-refractivity contribution >= 4 is 40.7 Å². The average Bonchev–Trinajstić information content (AvgIpc) is 3.12. The molecule has 4 aliphatic carbocycles. The van der Waals surface area contributed by atoms with Gasteiger partial charge in [0.2, 0.25) is 0 Å². The number of aliphatic hydroxyl groups is 3. The quantitative estimate of drug-likeness (QED) is 0.367. The summed E-state index contributed by atoms with van der Waals surface area (Å²) in [5, 5.41) is 41.3. The Kier molecular flexibility index (Phi) is 8.79. The first kappa shape index (κ1) is 32.6. The summed E-state index contributed by atoms with van der Waals surface area (Å²) in [4.78, 5) is 34.9. The molecule has 1 aromatic rings. The Morgan fingerprint density at radius 1 is 1.21 bits per heavy atom. The van der Waals surface area contributed by atoms with Crippen LogP contribution in [0.1, 0.15) is 53.4 Å². The van der Waals surface area contributed by atoms with Gasteiger partial charge in [-0.15, -0.1) is 0 Å². The lowest BCUT2D eigenvalue weighted by molar-refractivity contribution is -0.219. The molecule has 3 saturated carbocycles. The number of fused-ring (bicyclic) bond motifs is 5. The number of ketones is 2. The Bertz CT molecular complexity index is 1350. The van der Waals surface area contributed by atoms with Crippen LogP contribution in [0, 0.1) is 28.6 Å². The predicted octanol–water partition coefficient (Wildman–Crippen LogP) is 4.74. The molecule has 9 atom stereocenters. The van der Waals surface area contributed by atoms with Crippen molar-refractivity contribution in [3.05, 3.63) is 52.0 Å². The van der Waals surface area contributed by atoms with E-state index in [9.17, 15) is 29.7 Å². The van der Waals surface area contributed by atoms with E-state index in [1.54, 1.807) is 32.9 Å². The molecule has 0 heterocycles. The van der Waals surface area contributed by atoms with Gasteiger partial charge in [-0.3, -0.25) is 9.59 Å². The molecule has 0 radical (unpaired) electrons. The normalized spacial score (nSPS) is 39.1.